The van der Waals surface area contributed by atoms with Gasteiger partial charge in [0.05, 0.1) is 0 Å². The third kappa shape index (κ3) is 0.640. The quantitative estimate of drug-likeness (QED) is 0.439. The van der Waals surface area contributed by atoms with Crippen LogP contribution < -0.4 is 0 Å². The molecule has 0 atom stereocenters. The van der Waals surface area contributed by atoms with Gasteiger partial charge in [-0.1, -0.05) is 6.92 Å². The first-order chi connectivity index (χ1) is 2.43. The van der Waals surface area contributed by atoms with Gasteiger partial charge in [0.15, 0.2) is 0 Å². The van der Waals surface area contributed by atoms with Gasteiger partial charge in [-0.3, -0.25) is 0 Å². The van der Waals surface area contributed by atoms with Crippen LogP contribution in [0.15, 0.2) is 0 Å². The summed E-state index contributed by atoms with van der Waals surface area (Å²) in [4.78, 5) is 0. The van der Waals surface area contributed by atoms with Gasteiger partial charge in [-0.2, -0.15) is 0 Å². The molecule has 0 unspecified atom stereocenters. The molecular formula is C5H9. The first kappa shape index (κ1) is 3.20. The van der Waals surface area contributed by atoms with Gasteiger partial charge in [-0.15, -0.1) is 0 Å². The lowest BCUT2D eigenvalue weighted by Gasteiger charge is -1.72. The Labute approximate surface area is 33.2 Å². The van der Waals surface area contributed by atoms with E-state index in [1.807, 2.05) is 0 Å². The van der Waals surface area contributed by atoms with Crippen LogP contribution >= 0.6 is 0 Å². The van der Waals surface area contributed by atoms with Gasteiger partial charge in [0.1, 0.15) is 0 Å². The zero-order valence-corrected chi connectivity index (χ0v) is 3.57. The van der Waals surface area contributed by atoms with Crippen LogP contribution in [0.2, 0.25) is 0 Å². The molecule has 0 aromatic rings. The number of hydrogen-bond acceptors (Lipinski definition) is 0. The van der Waals surface area contributed by atoms with Crippen LogP contribution in [-0.4, -0.2) is 0 Å². The first-order valence-corrected chi connectivity index (χ1v) is 2.23. The van der Waals surface area contributed by atoms with Crippen LogP contribution in [0.4, 0.5) is 0 Å². The topological polar surface area (TPSA) is 0 Å². The van der Waals surface area contributed by atoms with Gasteiger partial charge < -0.3 is 0 Å². The maximum absolute atomic E-state index is 2.28. The van der Waals surface area contributed by atoms with E-state index < -0.39 is 0 Å². The molecule has 0 aromatic carbocycles. The standard InChI is InChI=1S/C5H9/c1-2-5-3-4-5/h2,5H,3-4H2,1H3. The highest BCUT2D eigenvalue weighted by atomic mass is 14.2. The third-order valence-electron chi connectivity index (χ3n) is 1.09. The van der Waals surface area contributed by atoms with Gasteiger partial charge in [0.25, 0.3) is 0 Å². The Hall–Kier alpha value is 0. The first-order valence-electron chi connectivity index (χ1n) is 2.23. The average Bonchev–Trinajstić information content (AvgIpc) is 2.12. The molecule has 29 valence electrons. The van der Waals surface area contributed by atoms with Crippen molar-refractivity contribution in [3.8, 4) is 0 Å². The minimum Gasteiger partial charge on any atom is -0.0620 e. The summed E-state index contributed by atoms with van der Waals surface area (Å²) in [6.45, 7) is 2.14. The minimum atomic E-state index is 1.01. The van der Waals surface area contributed by atoms with E-state index in [1.165, 1.54) is 12.8 Å². The van der Waals surface area contributed by atoms with E-state index in [0.29, 0.717) is 0 Å². The van der Waals surface area contributed by atoms with Crippen molar-refractivity contribution in [1.29, 1.82) is 0 Å². The second kappa shape index (κ2) is 1.00. The Morgan fingerprint density at radius 2 is 2.20 bits per heavy atom. The van der Waals surface area contributed by atoms with Crippen molar-refractivity contribution in [2.75, 3.05) is 0 Å². The highest BCUT2D eigenvalue weighted by Crippen LogP contribution is 2.30. The summed E-state index contributed by atoms with van der Waals surface area (Å²) in [6, 6.07) is 0. The van der Waals surface area contributed by atoms with E-state index in [9.17, 15) is 0 Å². The Kier molecular flexibility index (Phi) is 0.640. The van der Waals surface area contributed by atoms with Crippen LogP contribution in [0.3, 0.4) is 0 Å². The largest absolute Gasteiger partial charge is 0.0620 e. The fourth-order valence-corrected chi connectivity index (χ4v) is 0.430. The lowest BCUT2D eigenvalue weighted by Crippen LogP contribution is -1.61. The minimum absolute atomic E-state index is 1.01. The maximum Gasteiger partial charge on any atom is -0.0386 e. The molecule has 0 aliphatic heterocycles. The molecule has 1 fully saturated rings. The molecule has 1 rings (SSSR count). The zero-order valence-electron chi connectivity index (χ0n) is 3.57. The van der Waals surface area contributed by atoms with Crippen LogP contribution in [-0.2, 0) is 0 Å². The van der Waals surface area contributed by atoms with Crippen molar-refractivity contribution in [2.24, 2.45) is 5.92 Å². The van der Waals surface area contributed by atoms with Crippen molar-refractivity contribution < 1.29 is 0 Å². The number of rotatable bonds is 1. The SMILES string of the molecule is C[CH]C1CC1. The molecule has 0 saturated heterocycles. The molecule has 0 heterocycles. The molecule has 0 amide bonds. The molecule has 0 aromatic heterocycles. The molecule has 5 heavy (non-hydrogen) atoms. The summed E-state index contributed by atoms with van der Waals surface area (Å²) in [6.07, 6.45) is 5.19. The highest BCUT2D eigenvalue weighted by molar-refractivity contribution is 4.82. The maximum atomic E-state index is 2.28. The van der Waals surface area contributed by atoms with E-state index in [0.717, 1.165) is 5.92 Å². The monoisotopic (exact) mass is 69.1 g/mol. The summed E-state index contributed by atoms with van der Waals surface area (Å²) < 4.78 is 0. The molecule has 1 saturated carbocycles. The van der Waals surface area contributed by atoms with E-state index in [-0.39, 0.29) is 0 Å². The third-order valence-corrected chi connectivity index (χ3v) is 1.09. The van der Waals surface area contributed by atoms with Crippen LogP contribution in [0, 0.1) is 12.3 Å². The van der Waals surface area contributed by atoms with Crippen LogP contribution in [0.1, 0.15) is 19.8 Å². The van der Waals surface area contributed by atoms with Crippen LogP contribution in [0.25, 0.3) is 0 Å². The molecule has 1 aliphatic rings. The Balaban J connectivity index is 2.00. The summed E-state index contributed by atoms with van der Waals surface area (Å²) >= 11 is 0. The van der Waals surface area contributed by atoms with E-state index in [1.54, 1.807) is 0 Å². The lowest BCUT2D eigenvalue weighted by molar-refractivity contribution is 1.00. The van der Waals surface area contributed by atoms with Crippen molar-refractivity contribution in [3.05, 3.63) is 6.42 Å². The van der Waals surface area contributed by atoms with E-state index >= 15 is 0 Å². The van der Waals surface area contributed by atoms with Gasteiger partial charge in [-0.05, 0) is 25.2 Å². The lowest BCUT2D eigenvalue weighted by atomic mass is 10.3. The highest BCUT2D eigenvalue weighted by Gasteiger charge is 2.17. The van der Waals surface area contributed by atoms with Gasteiger partial charge in [0.2, 0.25) is 0 Å². The summed E-state index contributed by atoms with van der Waals surface area (Å²) in [5.41, 5.74) is 0. The molecule has 0 nitrogen and oxygen atoms in total. The van der Waals surface area contributed by atoms with E-state index in [2.05, 4.69) is 13.3 Å². The predicted octanol–water partition coefficient (Wildman–Crippen LogP) is 1.62. The van der Waals surface area contributed by atoms with Gasteiger partial charge in [-0.25, -0.2) is 0 Å². The average molecular weight is 69.1 g/mol. The van der Waals surface area contributed by atoms with Crippen molar-refractivity contribution >= 4 is 0 Å². The number of hydrogen-bond donors (Lipinski definition) is 0. The molecular weight excluding hydrogens is 60.1 g/mol. The van der Waals surface area contributed by atoms with Crippen LogP contribution in [0.5, 0.6) is 0 Å². The molecule has 1 aliphatic carbocycles. The van der Waals surface area contributed by atoms with E-state index in [4.69, 9.17) is 0 Å². The fraction of sp³-hybridized carbons (Fsp3) is 0.800. The predicted molar refractivity (Wildman–Crippen MR) is 22.7 cm³/mol. The Morgan fingerprint density at radius 1 is 1.60 bits per heavy atom. The fourth-order valence-electron chi connectivity index (χ4n) is 0.430. The van der Waals surface area contributed by atoms with Crippen molar-refractivity contribution in [3.63, 3.8) is 0 Å². The second-order valence-electron chi connectivity index (χ2n) is 1.67. The molecule has 1 radical (unpaired) electrons. The summed E-state index contributed by atoms with van der Waals surface area (Å²) in [7, 11) is 0. The van der Waals surface area contributed by atoms with Gasteiger partial charge >= 0.3 is 0 Å². The molecule has 0 bridgehead atoms. The van der Waals surface area contributed by atoms with Crippen molar-refractivity contribution in [2.45, 2.75) is 19.8 Å². The Morgan fingerprint density at radius 3 is 2.20 bits per heavy atom. The smallest absolute Gasteiger partial charge is 0.0386 e. The van der Waals surface area contributed by atoms with Gasteiger partial charge in [0, 0.05) is 0 Å². The molecule has 0 heteroatoms. The molecule has 0 spiro atoms. The van der Waals surface area contributed by atoms with Crippen molar-refractivity contribution in [1.82, 2.24) is 0 Å². The summed E-state index contributed by atoms with van der Waals surface area (Å²) in [5, 5.41) is 0. The zero-order chi connectivity index (χ0) is 3.70. The second-order valence-corrected chi connectivity index (χ2v) is 1.67. The molecule has 0 N–H and O–H groups in total. The normalized spacial score (nSPS) is 23.4. The summed E-state index contributed by atoms with van der Waals surface area (Å²) in [5.74, 6) is 1.01. The Bertz CT molecular complexity index is 27.0.